The zero-order chi connectivity index (χ0) is 15.6. The van der Waals surface area contributed by atoms with Gasteiger partial charge in [-0.05, 0) is 24.6 Å². The molecule has 0 spiro atoms. The summed E-state index contributed by atoms with van der Waals surface area (Å²) in [7, 11) is 0.133. The van der Waals surface area contributed by atoms with Gasteiger partial charge < -0.3 is 20.5 Å². The first-order valence-corrected chi connectivity index (χ1v) is 5.43. The summed E-state index contributed by atoms with van der Waals surface area (Å²) in [5.74, 6) is -1.91. The van der Waals surface area contributed by atoms with Crippen molar-refractivity contribution in [2.75, 3.05) is 0 Å². The van der Waals surface area contributed by atoms with E-state index in [9.17, 15) is 18.0 Å². The van der Waals surface area contributed by atoms with Gasteiger partial charge in [0.1, 0.15) is 11.3 Å². The van der Waals surface area contributed by atoms with Crippen LogP contribution in [0.25, 0.3) is 0 Å². The van der Waals surface area contributed by atoms with Gasteiger partial charge in [0.25, 0.3) is 0 Å². The van der Waals surface area contributed by atoms with Crippen LogP contribution in [0.1, 0.15) is 18.1 Å². The number of benzene rings is 1. The molecule has 0 aliphatic heterocycles. The molecule has 0 fully saturated rings. The molecule has 0 saturated heterocycles. The highest BCUT2D eigenvalue weighted by Gasteiger charge is 2.36. The Labute approximate surface area is 113 Å². The summed E-state index contributed by atoms with van der Waals surface area (Å²) >= 11 is 0. The van der Waals surface area contributed by atoms with Gasteiger partial charge in [0.05, 0.1) is 5.56 Å². The Bertz CT molecular complexity index is 505. The molecular formula is C11H12BF3NO4. The van der Waals surface area contributed by atoms with Crippen LogP contribution in [0.2, 0.25) is 0 Å². The Kier molecular flexibility index (Phi) is 4.67. The van der Waals surface area contributed by atoms with Crippen LogP contribution in [0.4, 0.5) is 13.2 Å². The quantitative estimate of drug-likeness (QED) is 0.702. The van der Waals surface area contributed by atoms with Gasteiger partial charge in [-0.3, -0.25) is 4.79 Å². The van der Waals surface area contributed by atoms with Crippen molar-refractivity contribution in [1.82, 2.24) is 0 Å². The van der Waals surface area contributed by atoms with Crippen molar-refractivity contribution in [1.29, 1.82) is 0 Å². The average Bonchev–Trinajstić information content (AvgIpc) is 2.29. The largest absolute Gasteiger partial charge is 0.569 e. The molecule has 0 aliphatic carbocycles. The van der Waals surface area contributed by atoms with Gasteiger partial charge in [0.15, 0.2) is 0 Å². The van der Waals surface area contributed by atoms with E-state index < -0.39 is 29.0 Å². The van der Waals surface area contributed by atoms with Gasteiger partial charge in [-0.15, -0.1) is 0 Å². The van der Waals surface area contributed by atoms with Crippen LogP contribution >= 0.6 is 0 Å². The number of carbonyl (C=O) groups is 1. The van der Waals surface area contributed by atoms with E-state index in [1.54, 1.807) is 0 Å². The van der Waals surface area contributed by atoms with Gasteiger partial charge in [-0.25, -0.2) is 0 Å². The molecule has 1 aromatic rings. The second-order valence-electron chi connectivity index (χ2n) is 4.45. The molecule has 1 atom stereocenters. The maximum atomic E-state index is 12.8. The number of halogens is 3. The molecule has 0 unspecified atom stereocenters. The van der Waals surface area contributed by atoms with Crippen molar-refractivity contribution in [3.8, 4) is 5.75 Å². The topological polar surface area (TPSA) is 92.8 Å². The molecule has 1 rings (SSSR count). The fourth-order valence-corrected chi connectivity index (χ4v) is 1.57. The standard InChI is InChI=1S/C11H12BF3NO4/c1-10(16,9(17)18)5-6-2-3-8(20-12-19)7(4-6)11(13,14)15/h2-4,19H,5,16H2,1H3,(H,17,18)/t10-/m1/s1. The fourth-order valence-electron chi connectivity index (χ4n) is 1.57. The highest BCUT2D eigenvalue weighted by Crippen LogP contribution is 2.37. The highest BCUT2D eigenvalue weighted by atomic mass is 19.4. The van der Waals surface area contributed by atoms with Crippen LogP contribution in [-0.4, -0.2) is 29.3 Å². The van der Waals surface area contributed by atoms with Crippen LogP contribution in [0.15, 0.2) is 18.2 Å². The van der Waals surface area contributed by atoms with E-state index >= 15 is 0 Å². The van der Waals surface area contributed by atoms with Crippen LogP contribution < -0.4 is 10.4 Å². The smallest absolute Gasteiger partial charge is 0.537 e. The summed E-state index contributed by atoms with van der Waals surface area (Å²) in [5.41, 5.74) is 2.77. The summed E-state index contributed by atoms with van der Waals surface area (Å²) in [6.45, 7) is 1.20. The maximum absolute atomic E-state index is 12.8. The lowest BCUT2D eigenvalue weighted by atomic mass is 9.93. The van der Waals surface area contributed by atoms with Gasteiger partial charge in [0, 0.05) is 6.42 Å². The molecule has 0 aliphatic rings. The predicted molar refractivity (Wildman–Crippen MR) is 64.0 cm³/mol. The predicted octanol–water partition coefficient (Wildman–Crippen LogP) is 0.955. The van der Waals surface area contributed by atoms with E-state index in [1.165, 1.54) is 13.0 Å². The van der Waals surface area contributed by atoms with E-state index in [1.807, 2.05) is 0 Å². The van der Waals surface area contributed by atoms with Crippen molar-refractivity contribution in [3.63, 3.8) is 0 Å². The molecule has 20 heavy (non-hydrogen) atoms. The second-order valence-corrected chi connectivity index (χ2v) is 4.45. The third-order valence-electron chi connectivity index (χ3n) is 2.59. The Morgan fingerprint density at radius 2 is 2.05 bits per heavy atom. The molecule has 1 aromatic carbocycles. The lowest BCUT2D eigenvalue weighted by Crippen LogP contribution is -2.46. The fraction of sp³-hybridized carbons (Fsp3) is 0.364. The number of carboxylic acid groups (broad SMARTS) is 1. The van der Waals surface area contributed by atoms with Gasteiger partial charge in [-0.1, -0.05) is 6.07 Å². The molecule has 0 saturated carbocycles. The summed E-state index contributed by atoms with van der Waals surface area (Å²) in [4.78, 5) is 10.9. The average molecular weight is 290 g/mol. The number of rotatable bonds is 5. The van der Waals surface area contributed by atoms with E-state index in [2.05, 4.69) is 4.65 Å². The maximum Gasteiger partial charge on any atom is 0.569 e. The van der Waals surface area contributed by atoms with Gasteiger partial charge >= 0.3 is 19.8 Å². The number of nitrogens with two attached hydrogens (primary N) is 1. The van der Waals surface area contributed by atoms with Crippen molar-refractivity contribution < 1.29 is 32.8 Å². The molecule has 109 valence electrons. The normalized spacial score (nSPS) is 14.5. The molecule has 9 heteroatoms. The zero-order valence-electron chi connectivity index (χ0n) is 10.4. The van der Waals surface area contributed by atoms with Gasteiger partial charge in [-0.2, -0.15) is 13.2 Å². The summed E-state index contributed by atoms with van der Waals surface area (Å²) < 4.78 is 42.8. The molecule has 0 bridgehead atoms. The number of hydrogen-bond acceptors (Lipinski definition) is 4. The van der Waals surface area contributed by atoms with Crippen LogP contribution in [0, 0.1) is 0 Å². The van der Waals surface area contributed by atoms with Crippen molar-refractivity contribution in [3.05, 3.63) is 29.3 Å². The second kappa shape index (κ2) is 5.72. The third-order valence-corrected chi connectivity index (χ3v) is 2.59. The van der Waals surface area contributed by atoms with Crippen molar-refractivity contribution >= 4 is 13.7 Å². The first-order chi connectivity index (χ1) is 9.08. The lowest BCUT2D eigenvalue weighted by Gasteiger charge is -2.20. The Balaban J connectivity index is 3.16. The van der Waals surface area contributed by atoms with Crippen molar-refractivity contribution in [2.45, 2.75) is 25.1 Å². The van der Waals surface area contributed by atoms with E-state index in [4.69, 9.17) is 15.9 Å². The molecule has 5 nitrogen and oxygen atoms in total. The van der Waals surface area contributed by atoms with E-state index in [0.29, 0.717) is 0 Å². The molecule has 4 N–H and O–H groups in total. The molecule has 0 heterocycles. The lowest BCUT2D eigenvalue weighted by molar-refractivity contribution is -0.142. The number of carboxylic acids is 1. The minimum absolute atomic E-state index is 0.0926. The Hall–Kier alpha value is -1.74. The van der Waals surface area contributed by atoms with Gasteiger partial charge in [0.2, 0.25) is 0 Å². The minimum atomic E-state index is -4.71. The summed E-state index contributed by atoms with van der Waals surface area (Å²) in [6.07, 6.45) is -4.99. The van der Waals surface area contributed by atoms with Crippen molar-refractivity contribution in [2.24, 2.45) is 5.73 Å². The summed E-state index contributed by atoms with van der Waals surface area (Å²) in [6, 6.07) is 2.98. The highest BCUT2D eigenvalue weighted by molar-refractivity contribution is 6.17. The number of hydrogen-bond donors (Lipinski definition) is 3. The molecule has 1 radical (unpaired) electrons. The number of alkyl halides is 3. The Morgan fingerprint density at radius 1 is 1.45 bits per heavy atom. The van der Waals surface area contributed by atoms with E-state index in [-0.39, 0.29) is 19.7 Å². The van der Waals surface area contributed by atoms with E-state index in [0.717, 1.165) is 12.1 Å². The Morgan fingerprint density at radius 3 is 2.50 bits per heavy atom. The SMILES string of the molecule is C[C@@](N)(Cc1ccc(O[B]O)c(C(F)(F)F)c1)C(=O)O. The monoisotopic (exact) mass is 290 g/mol. The third kappa shape index (κ3) is 3.88. The van der Waals surface area contributed by atoms with Crippen LogP contribution in [0.3, 0.4) is 0 Å². The minimum Gasteiger partial charge on any atom is -0.537 e. The molecule has 0 amide bonds. The molecular weight excluding hydrogens is 278 g/mol. The number of aliphatic carboxylic acids is 1. The van der Waals surface area contributed by atoms with Crippen LogP contribution in [0.5, 0.6) is 5.75 Å². The first kappa shape index (κ1) is 16.3. The van der Waals surface area contributed by atoms with Crippen LogP contribution in [-0.2, 0) is 17.4 Å². The molecule has 0 aromatic heterocycles. The zero-order valence-corrected chi connectivity index (χ0v) is 10.4. The summed E-state index contributed by atoms with van der Waals surface area (Å²) in [5, 5.41) is 17.3. The first-order valence-electron chi connectivity index (χ1n) is 5.43.